The second-order valence-electron chi connectivity index (χ2n) is 5.20. The molecule has 0 aliphatic heterocycles. The van der Waals surface area contributed by atoms with Crippen molar-refractivity contribution in [1.29, 1.82) is 0 Å². The van der Waals surface area contributed by atoms with E-state index in [0.29, 0.717) is 11.3 Å². The van der Waals surface area contributed by atoms with Crippen LogP contribution in [0.5, 0.6) is 5.75 Å². The fourth-order valence-electron chi connectivity index (χ4n) is 2.41. The lowest BCUT2D eigenvalue weighted by atomic mass is 10.1. The Morgan fingerprint density at radius 2 is 2.04 bits per heavy atom. The Bertz CT molecular complexity index is 1060. The number of rotatable bonds is 3. The van der Waals surface area contributed by atoms with Gasteiger partial charge in [-0.1, -0.05) is 17.4 Å². The average Bonchev–Trinajstić information content (AvgIpc) is 3.06. The fourth-order valence-corrected chi connectivity index (χ4v) is 3.02. The van der Waals surface area contributed by atoms with E-state index >= 15 is 0 Å². The van der Waals surface area contributed by atoms with E-state index in [1.807, 2.05) is 0 Å². The third-order valence-corrected chi connectivity index (χ3v) is 4.40. The van der Waals surface area contributed by atoms with Crippen LogP contribution in [-0.4, -0.2) is 27.8 Å². The van der Waals surface area contributed by atoms with Crippen molar-refractivity contribution in [2.24, 2.45) is 7.05 Å². The van der Waals surface area contributed by atoms with E-state index < -0.39 is 22.5 Å². The Morgan fingerprint density at radius 1 is 1.31 bits per heavy atom. The first-order valence-electron chi connectivity index (χ1n) is 7.10. The molecule has 3 rings (SSSR count). The average molecular weight is 384 g/mol. The van der Waals surface area contributed by atoms with Gasteiger partial charge in [-0.05, 0) is 12.1 Å². The number of hydrogen-bond donors (Lipinski definition) is 1. The summed E-state index contributed by atoms with van der Waals surface area (Å²) in [6, 6.07) is 4.80. The minimum atomic E-state index is -4.66. The summed E-state index contributed by atoms with van der Waals surface area (Å²) in [6.45, 7) is 0. The molecule has 1 aromatic carbocycles. The Labute approximate surface area is 148 Å². The second-order valence-corrected chi connectivity index (χ2v) is 6.18. The van der Waals surface area contributed by atoms with Crippen LogP contribution in [0.3, 0.4) is 0 Å². The van der Waals surface area contributed by atoms with Crippen molar-refractivity contribution in [3.8, 4) is 5.75 Å². The van der Waals surface area contributed by atoms with Crippen LogP contribution in [0.4, 0.5) is 18.3 Å². The van der Waals surface area contributed by atoms with Gasteiger partial charge in [-0.2, -0.15) is 13.2 Å². The van der Waals surface area contributed by atoms with Gasteiger partial charge in [0, 0.05) is 13.2 Å². The minimum absolute atomic E-state index is 0.175. The monoisotopic (exact) mass is 384 g/mol. The van der Waals surface area contributed by atoms with Crippen LogP contribution in [0.2, 0.25) is 0 Å². The molecule has 1 amide bonds. The van der Waals surface area contributed by atoms with Crippen LogP contribution in [0.25, 0.3) is 10.9 Å². The lowest BCUT2D eigenvalue weighted by Crippen LogP contribution is -2.23. The van der Waals surface area contributed by atoms with Crippen molar-refractivity contribution in [3.63, 3.8) is 0 Å². The number of carbonyl (C=O) groups excluding carboxylic acids is 1. The van der Waals surface area contributed by atoms with E-state index in [-0.39, 0.29) is 27.4 Å². The highest BCUT2D eigenvalue weighted by atomic mass is 32.1. The number of hydrogen-bond acceptors (Lipinski definition) is 6. The van der Waals surface area contributed by atoms with E-state index in [1.54, 1.807) is 19.2 Å². The first-order chi connectivity index (χ1) is 12.2. The van der Waals surface area contributed by atoms with Crippen molar-refractivity contribution < 1.29 is 22.7 Å². The molecule has 0 bridgehead atoms. The van der Waals surface area contributed by atoms with Crippen molar-refractivity contribution in [3.05, 3.63) is 45.2 Å². The number of amides is 1. The summed E-state index contributed by atoms with van der Waals surface area (Å²) in [5.41, 5.74) is -0.320. The van der Waals surface area contributed by atoms with Gasteiger partial charge in [-0.25, -0.2) is 0 Å². The van der Waals surface area contributed by atoms with Gasteiger partial charge >= 0.3 is 6.18 Å². The number of nitrogens with one attached hydrogen (secondary N) is 1. The van der Waals surface area contributed by atoms with Gasteiger partial charge in [-0.3, -0.25) is 14.9 Å². The largest absolute Gasteiger partial charge is 0.495 e. The highest BCUT2D eigenvalue weighted by molar-refractivity contribution is 7.15. The summed E-state index contributed by atoms with van der Waals surface area (Å²) in [7, 11) is 3.07. The Hall–Kier alpha value is -2.95. The lowest BCUT2D eigenvalue weighted by molar-refractivity contribution is -0.138. The zero-order chi connectivity index (χ0) is 19.1. The molecule has 26 heavy (non-hydrogen) atoms. The highest BCUT2D eigenvalue weighted by Crippen LogP contribution is 2.33. The van der Waals surface area contributed by atoms with Gasteiger partial charge < -0.3 is 9.30 Å². The molecule has 0 atom stereocenters. The number of anilines is 1. The molecule has 11 heteroatoms. The zero-order valence-electron chi connectivity index (χ0n) is 13.4. The molecule has 0 aliphatic carbocycles. The molecule has 3 aromatic rings. The standard InChI is InChI=1S/C15H11F3N4O3S/c1-22-6-8(11(23)7-4-3-5-9(25-2)10(7)22)12(24)19-14-21-20-13(26-14)15(16,17)18/h3-6H,1-2H3,(H,19,21,24). The van der Waals surface area contributed by atoms with E-state index in [0.717, 1.165) is 0 Å². The smallest absolute Gasteiger partial charge is 0.445 e. The molecule has 2 heterocycles. The van der Waals surface area contributed by atoms with E-state index in [9.17, 15) is 22.8 Å². The van der Waals surface area contributed by atoms with Gasteiger partial charge in [-0.15, -0.1) is 10.2 Å². The maximum Gasteiger partial charge on any atom is 0.445 e. The van der Waals surface area contributed by atoms with Crippen LogP contribution in [0.15, 0.2) is 29.2 Å². The van der Waals surface area contributed by atoms with E-state index in [1.165, 1.54) is 23.9 Å². The summed E-state index contributed by atoms with van der Waals surface area (Å²) in [6.07, 6.45) is -3.37. The minimum Gasteiger partial charge on any atom is -0.495 e. The molecule has 0 saturated carbocycles. The third-order valence-electron chi connectivity index (χ3n) is 3.52. The molecule has 0 radical (unpaired) electrons. The van der Waals surface area contributed by atoms with Gasteiger partial charge in [0.1, 0.15) is 11.3 Å². The summed E-state index contributed by atoms with van der Waals surface area (Å²) < 4.78 is 44.4. The lowest BCUT2D eigenvalue weighted by Gasteiger charge is -2.11. The van der Waals surface area contributed by atoms with Crippen molar-refractivity contribution >= 4 is 33.3 Å². The number of aromatic nitrogens is 3. The number of aryl methyl sites for hydroxylation is 1. The summed E-state index contributed by atoms with van der Waals surface area (Å²) >= 11 is 0.175. The summed E-state index contributed by atoms with van der Waals surface area (Å²) in [5.74, 6) is -0.423. The van der Waals surface area contributed by atoms with Crippen LogP contribution >= 0.6 is 11.3 Å². The van der Waals surface area contributed by atoms with Crippen LogP contribution < -0.4 is 15.5 Å². The Kier molecular flexibility index (Phi) is 4.40. The SMILES string of the molecule is COc1cccc2c(=O)c(C(=O)Nc3nnc(C(F)(F)F)s3)cn(C)c12. The van der Waals surface area contributed by atoms with Gasteiger partial charge in [0.2, 0.25) is 15.6 Å². The van der Waals surface area contributed by atoms with Gasteiger partial charge in [0.15, 0.2) is 0 Å². The normalized spacial score (nSPS) is 11.6. The molecule has 0 aliphatic rings. The molecule has 136 valence electrons. The maximum absolute atomic E-state index is 12.6. The van der Waals surface area contributed by atoms with Crippen LogP contribution in [-0.2, 0) is 13.2 Å². The van der Waals surface area contributed by atoms with Crippen molar-refractivity contribution in [2.75, 3.05) is 12.4 Å². The fraction of sp³-hybridized carbons (Fsp3) is 0.200. The van der Waals surface area contributed by atoms with Gasteiger partial charge in [0.05, 0.1) is 18.0 Å². The molecule has 1 N–H and O–H groups in total. The first kappa shape index (κ1) is 17.9. The topological polar surface area (TPSA) is 86.1 Å². The van der Waals surface area contributed by atoms with Gasteiger partial charge in [0.25, 0.3) is 5.91 Å². The number of fused-ring (bicyclic) bond motifs is 1. The molecule has 7 nitrogen and oxygen atoms in total. The molecule has 0 unspecified atom stereocenters. The molecule has 0 fully saturated rings. The van der Waals surface area contributed by atoms with Crippen molar-refractivity contribution in [2.45, 2.75) is 6.18 Å². The molecular formula is C15H11F3N4O3S. The van der Waals surface area contributed by atoms with Crippen LogP contribution in [0, 0.1) is 0 Å². The highest BCUT2D eigenvalue weighted by Gasteiger charge is 2.36. The maximum atomic E-state index is 12.6. The Morgan fingerprint density at radius 3 is 2.65 bits per heavy atom. The number of carbonyl (C=O) groups is 1. The molecule has 0 saturated heterocycles. The molecule has 2 aromatic heterocycles. The predicted molar refractivity (Wildman–Crippen MR) is 88.6 cm³/mol. The quantitative estimate of drug-likeness (QED) is 0.750. The molecule has 0 spiro atoms. The number of ether oxygens (including phenoxy) is 1. The predicted octanol–water partition coefficient (Wildman–Crippen LogP) is 2.67. The number of benzene rings is 1. The number of methoxy groups -OCH3 is 1. The number of para-hydroxylation sites is 1. The molecular weight excluding hydrogens is 373 g/mol. The Balaban J connectivity index is 2.00. The van der Waals surface area contributed by atoms with E-state index in [2.05, 4.69) is 15.5 Å². The summed E-state index contributed by atoms with van der Waals surface area (Å²) in [5, 5.41) is 7.13. The first-order valence-corrected chi connectivity index (χ1v) is 7.92. The summed E-state index contributed by atoms with van der Waals surface area (Å²) in [4.78, 5) is 24.9. The van der Waals surface area contributed by atoms with Crippen LogP contribution in [0.1, 0.15) is 15.4 Å². The second kappa shape index (κ2) is 6.41. The van der Waals surface area contributed by atoms with Crippen molar-refractivity contribution in [1.82, 2.24) is 14.8 Å². The number of halogens is 3. The third kappa shape index (κ3) is 3.12. The van der Waals surface area contributed by atoms with E-state index in [4.69, 9.17) is 4.74 Å². The zero-order valence-corrected chi connectivity index (χ0v) is 14.2. The number of pyridine rings is 1. The number of alkyl halides is 3. The number of nitrogens with zero attached hydrogens (tertiary/aromatic N) is 3.